The minimum atomic E-state index is 0.121. The largest absolute Gasteiger partial charge is 0.326 e. The van der Waals surface area contributed by atoms with Gasteiger partial charge < -0.3 is 5.32 Å². The van der Waals surface area contributed by atoms with Crippen molar-refractivity contribution < 1.29 is 4.79 Å². The number of anilines is 1. The molecule has 0 aromatic heterocycles. The second-order valence-corrected chi connectivity index (χ2v) is 4.78. The fraction of sp³-hybridized carbons (Fsp3) is 0.533. The van der Waals surface area contributed by atoms with E-state index in [-0.39, 0.29) is 5.91 Å². The van der Waals surface area contributed by atoms with Crippen molar-refractivity contribution in [2.75, 3.05) is 5.32 Å². The summed E-state index contributed by atoms with van der Waals surface area (Å²) < 4.78 is 0. The number of benzene rings is 1. The normalized spacial score (nSPS) is 10.6. The predicted molar refractivity (Wildman–Crippen MR) is 73.3 cm³/mol. The van der Waals surface area contributed by atoms with Gasteiger partial charge in [-0.15, -0.1) is 0 Å². The highest BCUT2D eigenvalue weighted by Gasteiger charge is 2.03. The summed E-state index contributed by atoms with van der Waals surface area (Å²) in [6.45, 7) is 6.47. The van der Waals surface area contributed by atoms with E-state index in [1.54, 1.807) is 0 Å². The Hall–Kier alpha value is -1.31. The van der Waals surface area contributed by atoms with Gasteiger partial charge in [0.15, 0.2) is 0 Å². The fourth-order valence-corrected chi connectivity index (χ4v) is 1.71. The summed E-state index contributed by atoms with van der Waals surface area (Å²) in [5, 5.41) is 2.93. The molecule has 1 N–H and O–H groups in total. The van der Waals surface area contributed by atoms with E-state index in [9.17, 15) is 4.79 Å². The molecule has 0 aliphatic heterocycles. The van der Waals surface area contributed by atoms with Crippen LogP contribution < -0.4 is 5.32 Å². The maximum absolute atomic E-state index is 11.6. The summed E-state index contributed by atoms with van der Waals surface area (Å²) in [5.41, 5.74) is 2.20. The SMILES string of the molecule is CCCCCC(=O)Nc1ccc(C(C)C)cc1. The number of carbonyl (C=O) groups is 1. The molecule has 1 aromatic carbocycles. The van der Waals surface area contributed by atoms with Crippen LogP contribution in [0.25, 0.3) is 0 Å². The van der Waals surface area contributed by atoms with E-state index in [4.69, 9.17) is 0 Å². The van der Waals surface area contributed by atoms with Crippen LogP contribution in [0.3, 0.4) is 0 Å². The Kier molecular flexibility index (Phi) is 5.75. The van der Waals surface area contributed by atoms with E-state index in [2.05, 4.69) is 38.2 Å². The van der Waals surface area contributed by atoms with Crippen LogP contribution in [0, 0.1) is 0 Å². The van der Waals surface area contributed by atoms with Crippen molar-refractivity contribution in [2.45, 2.75) is 52.4 Å². The molecule has 0 radical (unpaired) electrons. The van der Waals surface area contributed by atoms with Crippen molar-refractivity contribution in [1.82, 2.24) is 0 Å². The Morgan fingerprint density at radius 1 is 1.18 bits per heavy atom. The molecular formula is C15H23NO. The van der Waals surface area contributed by atoms with E-state index in [0.29, 0.717) is 12.3 Å². The molecule has 1 aromatic rings. The van der Waals surface area contributed by atoms with Gasteiger partial charge in [0.25, 0.3) is 0 Å². The van der Waals surface area contributed by atoms with Gasteiger partial charge in [0.05, 0.1) is 0 Å². The third-order valence-corrected chi connectivity index (χ3v) is 2.87. The summed E-state index contributed by atoms with van der Waals surface area (Å²) in [6, 6.07) is 8.11. The third kappa shape index (κ3) is 5.03. The number of hydrogen-bond acceptors (Lipinski definition) is 1. The molecule has 1 rings (SSSR count). The molecule has 0 fully saturated rings. The zero-order chi connectivity index (χ0) is 12.7. The third-order valence-electron chi connectivity index (χ3n) is 2.87. The molecule has 2 nitrogen and oxygen atoms in total. The lowest BCUT2D eigenvalue weighted by Gasteiger charge is -2.08. The summed E-state index contributed by atoms with van der Waals surface area (Å²) in [6.07, 6.45) is 3.88. The summed E-state index contributed by atoms with van der Waals surface area (Å²) in [4.78, 5) is 11.6. The molecule has 17 heavy (non-hydrogen) atoms. The fourth-order valence-electron chi connectivity index (χ4n) is 1.71. The molecule has 0 unspecified atom stereocenters. The van der Waals surface area contributed by atoms with Crippen LogP contribution in [0.2, 0.25) is 0 Å². The highest BCUT2D eigenvalue weighted by molar-refractivity contribution is 5.90. The Bertz CT molecular complexity index is 340. The van der Waals surface area contributed by atoms with Crippen LogP contribution in [0.15, 0.2) is 24.3 Å². The average molecular weight is 233 g/mol. The van der Waals surface area contributed by atoms with Crippen molar-refractivity contribution in [3.05, 3.63) is 29.8 Å². The number of hydrogen-bond donors (Lipinski definition) is 1. The summed E-state index contributed by atoms with van der Waals surface area (Å²) in [5.74, 6) is 0.653. The minimum Gasteiger partial charge on any atom is -0.326 e. The molecule has 0 heterocycles. The molecule has 0 aliphatic rings. The van der Waals surface area contributed by atoms with E-state index >= 15 is 0 Å². The molecule has 0 bridgehead atoms. The molecule has 0 atom stereocenters. The Morgan fingerprint density at radius 3 is 2.35 bits per heavy atom. The maximum atomic E-state index is 11.6. The first-order valence-corrected chi connectivity index (χ1v) is 6.53. The number of nitrogens with one attached hydrogen (secondary N) is 1. The Morgan fingerprint density at radius 2 is 1.82 bits per heavy atom. The van der Waals surface area contributed by atoms with Gasteiger partial charge in [-0.25, -0.2) is 0 Å². The smallest absolute Gasteiger partial charge is 0.224 e. The number of amides is 1. The van der Waals surface area contributed by atoms with Crippen molar-refractivity contribution >= 4 is 11.6 Å². The predicted octanol–water partition coefficient (Wildman–Crippen LogP) is 4.33. The highest BCUT2D eigenvalue weighted by atomic mass is 16.1. The molecule has 0 saturated heterocycles. The van der Waals surface area contributed by atoms with E-state index < -0.39 is 0 Å². The molecule has 1 amide bonds. The monoisotopic (exact) mass is 233 g/mol. The van der Waals surface area contributed by atoms with Gasteiger partial charge in [-0.05, 0) is 30.0 Å². The second-order valence-electron chi connectivity index (χ2n) is 4.78. The van der Waals surface area contributed by atoms with E-state index in [1.807, 2.05) is 12.1 Å². The highest BCUT2D eigenvalue weighted by Crippen LogP contribution is 2.17. The lowest BCUT2D eigenvalue weighted by molar-refractivity contribution is -0.116. The van der Waals surface area contributed by atoms with Crippen molar-refractivity contribution in [3.8, 4) is 0 Å². The van der Waals surface area contributed by atoms with E-state index in [0.717, 1.165) is 24.9 Å². The number of carbonyl (C=O) groups excluding carboxylic acids is 1. The first-order chi connectivity index (χ1) is 8.13. The lowest BCUT2D eigenvalue weighted by atomic mass is 10.0. The zero-order valence-electron chi connectivity index (χ0n) is 11.1. The molecule has 2 heteroatoms. The van der Waals surface area contributed by atoms with Gasteiger partial charge in [0, 0.05) is 12.1 Å². The minimum absolute atomic E-state index is 0.121. The van der Waals surface area contributed by atoms with Gasteiger partial charge in [0.2, 0.25) is 5.91 Å². The quantitative estimate of drug-likeness (QED) is 0.728. The molecule has 0 saturated carbocycles. The molecule has 0 spiro atoms. The van der Waals surface area contributed by atoms with Crippen LogP contribution in [-0.2, 0) is 4.79 Å². The van der Waals surface area contributed by atoms with Gasteiger partial charge in [-0.3, -0.25) is 4.79 Å². The first-order valence-electron chi connectivity index (χ1n) is 6.53. The number of unbranched alkanes of at least 4 members (excludes halogenated alkanes) is 2. The van der Waals surface area contributed by atoms with Crippen LogP contribution in [0.4, 0.5) is 5.69 Å². The molecular weight excluding hydrogens is 210 g/mol. The van der Waals surface area contributed by atoms with Crippen LogP contribution in [-0.4, -0.2) is 5.91 Å². The standard InChI is InChI=1S/C15H23NO/c1-4-5-6-7-15(17)16-14-10-8-13(9-11-14)12(2)3/h8-12H,4-7H2,1-3H3,(H,16,17). The number of rotatable bonds is 6. The van der Waals surface area contributed by atoms with Crippen LogP contribution >= 0.6 is 0 Å². The lowest BCUT2D eigenvalue weighted by Crippen LogP contribution is -2.10. The molecule has 94 valence electrons. The van der Waals surface area contributed by atoms with Gasteiger partial charge in [-0.1, -0.05) is 45.7 Å². The average Bonchev–Trinajstić information content (AvgIpc) is 2.30. The maximum Gasteiger partial charge on any atom is 0.224 e. The Balaban J connectivity index is 2.43. The van der Waals surface area contributed by atoms with Crippen molar-refractivity contribution in [1.29, 1.82) is 0 Å². The van der Waals surface area contributed by atoms with Gasteiger partial charge >= 0.3 is 0 Å². The topological polar surface area (TPSA) is 29.1 Å². The molecule has 0 aliphatic carbocycles. The zero-order valence-corrected chi connectivity index (χ0v) is 11.1. The summed E-state index contributed by atoms with van der Waals surface area (Å²) in [7, 11) is 0. The summed E-state index contributed by atoms with van der Waals surface area (Å²) >= 11 is 0. The van der Waals surface area contributed by atoms with Crippen molar-refractivity contribution in [3.63, 3.8) is 0 Å². The second kappa shape index (κ2) is 7.10. The Labute approximate surface area is 104 Å². The van der Waals surface area contributed by atoms with Gasteiger partial charge in [0.1, 0.15) is 0 Å². The van der Waals surface area contributed by atoms with Crippen molar-refractivity contribution in [2.24, 2.45) is 0 Å². The van der Waals surface area contributed by atoms with Crippen LogP contribution in [0.1, 0.15) is 57.9 Å². The van der Waals surface area contributed by atoms with Gasteiger partial charge in [-0.2, -0.15) is 0 Å². The first kappa shape index (κ1) is 13.8. The van der Waals surface area contributed by atoms with Crippen LogP contribution in [0.5, 0.6) is 0 Å². The van der Waals surface area contributed by atoms with E-state index in [1.165, 1.54) is 5.56 Å².